The van der Waals surface area contributed by atoms with Gasteiger partial charge < -0.3 is 5.32 Å². The zero-order valence-electron chi connectivity index (χ0n) is 7.07. The Morgan fingerprint density at radius 1 is 1.50 bits per heavy atom. The molecule has 0 fully saturated rings. The van der Waals surface area contributed by atoms with Gasteiger partial charge in [-0.1, -0.05) is 27.5 Å². The second-order valence-corrected chi connectivity index (χ2v) is 4.00. The van der Waals surface area contributed by atoms with Crippen LogP contribution in [0.1, 0.15) is 18.5 Å². The summed E-state index contributed by atoms with van der Waals surface area (Å²) in [6, 6.07) is 6.15. The second kappa shape index (κ2) is 4.26. The average molecular weight is 249 g/mol. The fraction of sp³-hybridized carbons (Fsp3) is 0.333. The van der Waals surface area contributed by atoms with Crippen LogP contribution in [0.3, 0.4) is 0 Å². The van der Waals surface area contributed by atoms with Gasteiger partial charge in [-0.05, 0) is 37.7 Å². The predicted molar refractivity (Wildman–Crippen MR) is 56.6 cm³/mol. The maximum absolute atomic E-state index is 6.01. The third-order valence-corrected chi connectivity index (χ3v) is 2.70. The molecule has 1 rings (SSSR count). The lowest BCUT2D eigenvalue weighted by Gasteiger charge is -2.12. The fourth-order valence-corrected chi connectivity index (χ4v) is 1.66. The van der Waals surface area contributed by atoms with Crippen molar-refractivity contribution in [2.24, 2.45) is 0 Å². The molecule has 0 heterocycles. The highest BCUT2D eigenvalue weighted by Gasteiger charge is 2.06. The molecule has 0 aliphatic rings. The fourth-order valence-electron chi connectivity index (χ4n) is 1.00. The molecule has 1 nitrogen and oxygen atoms in total. The van der Waals surface area contributed by atoms with Crippen LogP contribution in [0.2, 0.25) is 5.02 Å². The Balaban J connectivity index is 3.04. The minimum Gasteiger partial charge on any atom is -0.313 e. The molecule has 0 saturated carbocycles. The summed E-state index contributed by atoms with van der Waals surface area (Å²) in [5.41, 5.74) is 1.12. The first-order valence-corrected chi connectivity index (χ1v) is 4.94. The van der Waals surface area contributed by atoms with E-state index in [-0.39, 0.29) is 6.04 Å². The summed E-state index contributed by atoms with van der Waals surface area (Å²) < 4.78 is 1.06. The summed E-state index contributed by atoms with van der Waals surface area (Å²) in [5, 5.41) is 3.95. The van der Waals surface area contributed by atoms with Gasteiger partial charge in [0, 0.05) is 15.5 Å². The van der Waals surface area contributed by atoms with Crippen LogP contribution in [0.5, 0.6) is 0 Å². The molecule has 1 aromatic carbocycles. The third-order valence-electron chi connectivity index (χ3n) is 1.86. The topological polar surface area (TPSA) is 12.0 Å². The lowest BCUT2D eigenvalue weighted by Crippen LogP contribution is -2.12. The van der Waals surface area contributed by atoms with Gasteiger partial charge in [0.05, 0.1) is 0 Å². The quantitative estimate of drug-likeness (QED) is 0.846. The van der Waals surface area contributed by atoms with Crippen LogP contribution in [0.25, 0.3) is 0 Å². The number of benzene rings is 1. The molecule has 12 heavy (non-hydrogen) atoms. The van der Waals surface area contributed by atoms with Crippen LogP contribution < -0.4 is 5.32 Å². The van der Waals surface area contributed by atoms with Crippen molar-refractivity contribution in [1.82, 2.24) is 5.32 Å². The number of rotatable bonds is 2. The van der Waals surface area contributed by atoms with E-state index in [0.29, 0.717) is 0 Å². The van der Waals surface area contributed by atoms with Gasteiger partial charge in [0.25, 0.3) is 0 Å². The predicted octanol–water partition coefficient (Wildman–Crippen LogP) is 3.38. The van der Waals surface area contributed by atoms with Crippen LogP contribution in [0.15, 0.2) is 22.7 Å². The van der Waals surface area contributed by atoms with Gasteiger partial charge in [0.2, 0.25) is 0 Å². The van der Waals surface area contributed by atoms with Crippen LogP contribution in [-0.2, 0) is 0 Å². The highest BCUT2D eigenvalue weighted by atomic mass is 79.9. The summed E-state index contributed by atoms with van der Waals surface area (Å²) in [6.45, 7) is 2.08. The van der Waals surface area contributed by atoms with Crippen molar-refractivity contribution in [3.63, 3.8) is 0 Å². The highest BCUT2D eigenvalue weighted by Crippen LogP contribution is 2.25. The Morgan fingerprint density at radius 2 is 2.17 bits per heavy atom. The molecule has 3 heteroatoms. The van der Waals surface area contributed by atoms with Crippen molar-refractivity contribution in [3.8, 4) is 0 Å². The maximum atomic E-state index is 6.01. The molecular weight excluding hydrogens is 237 g/mol. The molecule has 0 spiro atoms. The van der Waals surface area contributed by atoms with Gasteiger partial charge in [-0.25, -0.2) is 0 Å². The normalized spacial score (nSPS) is 13.0. The first-order valence-electron chi connectivity index (χ1n) is 3.77. The summed E-state index contributed by atoms with van der Waals surface area (Å²) in [5.74, 6) is 0. The summed E-state index contributed by atoms with van der Waals surface area (Å²) in [4.78, 5) is 0. The summed E-state index contributed by atoms with van der Waals surface area (Å²) in [7, 11) is 1.92. The van der Waals surface area contributed by atoms with Gasteiger partial charge in [0.1, 0.15) is 0 Å². The SMILES string of the molecule is CNC(C)c1cc(Br)ccc1Cl. The van der Waals surface area contributed by atoms with Crippen molar-refractivity contribution < 1.29 is 0 Å². The molecule has 1 aromatic rings. The van der Waals surface area contributed by atoms with E-state index in [2.05, 4.69) is 28.2 Å². The van der Waals surface area contributed by atoms with Gasteiger partial charge in [0.15, 0.2) is 0 Å². The van der Waals surface area contributed by atoms with Gasteiger partial charge in [-0.15, -0.1) is 0 Å². The number of hydrogen-bond acceptors (Lipinski definition) is 1. The number of hydrogen-bond donors (Lipinski definition) is 1. The van der Waals surface area contributed by atoms with E-state index < -0.39 is 0 Å². The van der Waals surface area contributed by atoms with Gasteiger partial charge in [-0.3, -0.25) is 0 Å². The molecular formula is C9H11BrClN. The molecule has 0 bridgehead atoms. The van der Waals surface area contributed by atoms with E-state index in [1.54, 1.807) is 0 Å². The van der Waals surface area contributed by atoms with Gasteiger partial charge >= 0.3 is 0 Å². The minimum atomic E-state index is 0.287. The highest BCUT2D eigenvalue weighted by molar-refractivity contribution is 9.10. The zero-order chi connectivity index (χ0) is 9.14. The molecule has 0 aliphatic heterocycles. The van der Waals surface area contributed by atoms with Crippen molar-refractivity contribution in [1.29, 1.82) is 0 Å². The van der Waals surface area contributed by atoms with E-state index in [1.165, 1.54) is 0 Å². The van der Waals surface area contributed by atoms with E-state index >= 15 is 0 Å². The average Bonchev–Trinajstić information content (AvgIpc) is 2.08. The molecule has 0 radical (unpaired) electrons. The second-order valence-electron chi connectivity index (χ2n) is 2.68. The molecule has 1 unspecified atom stereocenters. The monoisotopic (exact) mass is 247 g/mol. The third kappa shape index (κ3) is 2.22. The Kier molecular flexibility index (Phi) is 3.56. The van der Waals surface area contributed by atoms with Crippen LogP contribution in [-0.4, -0.2) is 7.05 Å². The van der Waals surface area contributed by atoms with E-state index in [4.69, 9.17) is 11.6 Å². The molecule has 0 saturated heterocycles. The Hall–Kier alpha value is -0.0500. The first kappa shape index (κ1) is 10.0. The lowest BCUT2D eigenvalue weighted by atomic mass is 10.1. The van der Waals surface area contributed by atoms with E-state index in [0.717, 1.165) is 15.1 Å². The minimum absolute atomic E-state index is 0.287. The number of halogens is 2. The smallest absolute Gasteiger partial charge is 0.0454 e. The van der Waals surface area contributed by atoms with Crippen LogP contribution >= 0.6 is 27.5 Å². The Labute approximate surface area is 86.2 Å². The van der Waals surface area contributed by atoms with Crippen molar-refractivity contribution in [3.05, 3.63) is 33.3 Å². The van der Waals surface area contributed by atoms with Crippen molar-refractivity contribution in [2.75, 3.05) is 7.05 Å². The van der Waals surface area contributed by atoms with Crippen molar-refractivity contribution >= 4 is 27.5 Å². The molecule has 0 aliphatic carbocycles. The van der Waals surface area contributed by atoms with Crippen molar-refractivity contribution in [2.45, 2.75) is 13.0 Å². The molecule has 66 valence electrons. The Bertz CT molecular complexity index is 275. The zero-order valence-corrected chi connectivity index (χ0v) is 9.41. The standard InChI is InChI=1S/C9H11BrClN/c1-6(12-2)8-5-7(10)3-4-9(8)11/h3-6,12H,1-2H3. The summed E-state index contributed by atoms with van der Waals surface area (Å²) >= 11 is 9.42. The van der Waals surface area contributed by atoms with Crippen LogP contribution in [0.4, 0.5) is 0 Å². The first-order chi connectivity index (χ1) is 5.65. The largest absolute Gasteiger partial charge is 0.313 e. The molecule has 0 aromatic heterocycles. The maximum Gasteiger partial charge on any atom is 0.0454 e. The number of nitrogens with one attached hydrogen (secondary N) is 1. The van der Waals surface area contributed by atoms with E-state index in [1.807, 2.05) is 25.2 Å². The van der Waals surface area contributed by atoms with Crippen LogP contribution in [0, 0.1) is 0 Å². The van der Waals surface area contributed by atoms with E-state index in [9.17, 15) is 0 Å². The molecule has 1 N–H and O–H groups in total. The Morgan fingerprint density at radius 3 is 2.75 bits per heavy atom. The summed E-state index contributed by atoms with van der Waals surface area (Å²) in [6.07, 6.45) is 0. The van der Waals surface area contributed by atoms with Gasteiger partial charge in [-0.2, -0.15) is 0 Å². The lowest BCUT2D eigenvalue weighted by molar-refractivity contribution is 0.652. The molecule has 0 amide bonds. The molecule has 1 atom stereocenters.